The third-order valence-corrected chi connectivity index (χ3v) is 11.7. The maximum absolute atomic E-state index is 15.0. The van der Waals surface area contributed by atoms with Crippen molar-refractivity contribution in [3.05, 3.63) is 197 Å². The molecule has 0 saturated carbocycles. The van der Waals surface area contributed by atoms with Gasteiger partial charge in [-0.15, -0.1) is 0 Å². The summed E-state index contributed by atoms with van der Waals surface area (Å²) in [5.74, 6) is 0.618. The number of β-amino-alcohol motifs (C(OH)–C–C–N with tert-alkyl or cyclic N) is 1. The molecule has 11 nitrogen and oxygen atoms in total. The lowest BCUT2D eigenvalue weighted by Gasteiger charge is -2.40. The molecule has 0 spiro atoms. The van der Waals surface area contributed by atoms with Crippen LogP contribution in [0.3, 0.4) is 0 Å². The number of methoxy groups -OCH3 is 1. The maximum atomic E-state index is 15.0. The Morgan fingerprint density at radius 2 is 1.32 bits per heavy atom. The zero-order chi connectivity index (χ0) is 41.9. The minimum Gasteiger partial charge on any atom is -0.504 e. The summed E-state index contributed by atoms with van der Waals surface area (Å²) in [7, 11) is -2.79. The van der Waals surface area contributed by atoms with Crippen molar-refractivity contribution in [3.8, 4) is 17.2 Å². The summed E-state index contributed by atoms with van der Waals surface area (Å²) in [6.07, 6.45) is -0.982. The molecule has 0 aromatic heterocycles. The summed E-state index contributed by atoms with van der Waals surface area (Å²) in [4.78, 5) is 27.9. The molecular formula is C48H50N3O8P. The average molecular weight is 828 g/mol. The average Bonchev–Trinajstić information content (AvgIpc) is 3.38. The van der Waals surface area contributed by atoms with Crippen LogP contribution in [0.15, 0.2) is 164 Å². The fourth-order valence-electron chi connectivity index (χ4n) is 7.55. The molecule has 1 aliphatic heterocycles. The number of benzene rings is 6. The van der Waals surface area contributed by atoms with Crippen LogP contribution >= 0.6 is 7.60 Å². The van der Waals surface area contributed by atoms with E-state index < -0.39 is 38.2 Å². The van der Waals surface area contributed by atoms with Crippen molar-refractivity contribution in [3.63, 3.8) is 0 Å². The molecule has 310 valence electrons. The summed E-state index contributed by atoms with van der Waals surface area (Å²) in [5, 5.41) is 23.6. The van der Waals surface area contributed by atoms with Gasteiger partial charge in [0.05, 0.1) is 37.9 Å². The van der Waals surface area contributed by atoms with E-state index in [2.05, 4.69) is 5.43 Å². The second kappa shape index (κ2) is 19.9. The molecule has 5 atom stereocenters. The fraction of sp³-hybridized carbons (Fsp3) is 0.229. The highest BCUT2D eigenvalue weighted by Crippen LogP contribution is 2.48. The number of rotatable bonds is 17. The highest BCUT2D eigenvalue weighted by Gasteiger charge is 2.41. The number of hydrazine groups is 1. The number of urea groups is 1. The first-order valence-electron chi connectivity index (χ1n) is 19.9. The van der Waals surface area contributed by atoms with E-state index >= 15 is 4.79 Å². The van der Waals surface area contributed by atoms with E-state index in [1.807, 2.05) is 133 Å². The van der Waals surface area contributed by atoms with Gasteiger partial charge < -0.3 is 29.5 Å². The van der Waals surface area contributed by atoms with Crippen molar-refractivity contribution in [2.45, 2.75) is 50.1 Å². The number of aromatic hydroxyl groups is 1. The standard InChI is InChI=1S/C48H50N3O8P/c1-57-47-31-38(22-27-44(47)52)33-50-48(54)51(43(45(53)32-49-50)29-36-16-8-3-9-17-36)42(28-35-14-6-2-7-15-35)39-23-25-41(26-24-39)58-34-60(55,56)59-46(40-20-12-5-13-21-40)30-37-18-10-4-11-19-37/h2-27,31,42-43,45-46,49,52-53H,28-30,32-34H2,1H3,(H,55,56). The second-order valence-corrected chi connectivity index (χ2v) is 16.6. The number of carbonyl (C=O) groups is 1. The van der Waals surface area contributed by atoms with Crippen LogP contribution in [0.1, 0.15) is 45.5 Å². The molecule has 1 fully saturated rings. The SMILES string of the molecule is COc1cc(CN2NCC(O)C(Cc3ccccc3)N(C(Cc3ccccc3)c3ccc(OCP(=O)(O)OC(Cc4ccccc4)c4ccccc4)cc3)C2=O)ccc1O. The first-order valence-corrected chi connectivity index (χ1v) is 21.7. The molecule has 6 aromatic rings. The van der Waals surface area contributed by atoms with Gasteiger partial charge in [-0.2, -0.15) is 0 Å². The van der Waals surface area contributed by atoms with Gasteiger partial charge in [-0.25, -0.2) is 10.2 Å². The predicted molar refractivity (Wildman–Crippen MR) is 230 cm³/mol. The zero-order valence-corrected chi connectivity index (χ0v) is 34.3. The number of phenols is 1. The van der Waals surface area contributed by atoms with Crippen molar-refractivity contribution in [1.29, 1.82) is 0 Å². The third-order valence-electron chi connectivity index (χ3n) is 10.6. The molecule has 0 radical (unpaired) electrons. The summed E-state index contributed by atoms with van der Waals surface area (Å²) >= 11 is 0. The van der Waals surface area contributed by atoms with Crippen LogP contribution < -0.4 is 14.9 Å². The van der Waals surface area contributed by atoms with Gasteiger partial charge >= 0.3 is 13.6 Å². The topological polar surface area (TPSA) is 141 Å². The van der Waals surface area contributed by atoms with Crippen LogP contribution in [0, 0.1) is 0 Å². The minimum absolute atomic E-state index is 0.0134. The number of ether oxygens (including phenoxy) is 2. The van der Waals surface area contributed by atoms with Gasteiger partial charge in [-0.3, -0.25) is 14.1 Å². The first kappa shape index (κ1) is 42.2. The van der Waals surface area contributed by atoms with E-state index in [9.17, 15) is 19.7 Å². The van der Waals surface area contributed by atoms with E-state index in [-0.39, 0.29) is 30.6 Å². The van der Waals surface area contributed by atoms with Gasteiger partial charge in [-0.05, 0) is 70.5 Å². The largest absolute Gasteiger partial charge is 0.504 e. The van der Waals surface area contributed by atoms with Crippen LogP contribution in [0.25, 0.3) is 0 Å². The van der Waals surface area contributed by atoms with E-state index in [1.54, 1.807) is 29.2 Å². The Hall–Kier alpha value is -5.94. The molecule has 2 amide bonds. The van der Waals surface area contributed by atoms with Crippen LogP contribution in [0.5, 0.6) is 17.2 Å². The lowest BCUT2D eigenvalue weighted by molar-refractivity contribution is 0.0559. The molecule has 1 saturated heterocycles. The lowest BCUT2D eigenvalue weighted by atomic mass is 9.92. The number of nitrogens with zero attached hydrogens (tertiary/aromatic N) is 2. The van der Waals surface area contributed by atoms with Crippen molar-refractivity contribution >= 4 is 13.6 Å². The molecule has 4 N–H and O–H groups in total. The van der Waals surface area contributed by atoms with Gasteiger partial charge in [0.15, 0.2) is 17.8 Å². The first-order chi connectivity index (χ1) is 29.2. The number of amides is 2. The Labute approximate surface area is 350 Å². The van der Waals surface area contributed by atoms with Gasteiger partial charge in [0.1, 0.15) is 5.75 Å². The van der Waals surface area contributed by atoms with Crippen LogP contribution in [-0.4, -0.2) is 63.2 Å². The lowest BCUT2D eigenvalue weighted by Crippen LogP contribution is -2.52. The smallest absolute Gasteiger partial charge is 0.365 e. The Balaban J connectivity index is 1.17. The minimum atomic E-state index is -4.26. The summed E-state index contributed by atoms with van der Waals surface area (Å²) in [6.45, 7) is 0.237. The summed E-state index contributed by atoms with van der Waals surface area (Å²) < 4.78 is 30.7. The van der Waals surface area contributed by atoms with Crippen molar-refractivity contribution in [1.82, 2.24) is 15.3 Å². The van der Waals surface area contributed by atoms with Gasteiger partial charge in [0.2, 0.25) is 0 Å². The molecule has 7 rings (SSSR count). The second-order valence-electron chi connectivity index (χ2n) is 14.8. The Bertz CT molecular complexity index is 2320. The fourth-order valence-corrected chi connectivity index (χ4v) is 8.52. The van der Waals surface area contributed by atoms with E-state index in [0.717, 1.165) is 27.8 Å². The third kappa shape index (κ3) is 11.0. The van der Waals surface area contributed by atoms with Crippen molar-refractivity contribution < 1.29 is 38.5 Å². The number of hydrogen-bond acceptors (Lipinski definition) is 8. The number of hydrogen-bond donors (Lipinski definition) is 4. The van der Waals surface area contributed by atoms with E-state index in [1.165, 1.54) is 18.2 Å². The summed E-state index contributed by atoms with van der Waals surface area (Å²) in [5.41, 5.74) is 8.36. The number of nitrogens with one attached hydrogen (secondary N) is 1. The molecule has 0 bridgehead atoms. The highest BCUT2D eigenvalue weighted by atomic mass is 31.2. The quantitative estimate of drug-likeness (QED) is 0.0666. The van der Waals surface area contributed by atoms with Crippen LogP contribution in [0.4, 0.5) is 4.79 Å². The molecular weight excluding hydrogens is 778 g/mol. The summed E-state index contributed by atoms with van der Waals surface area (Å²) in [6, 6.07) is 49.2. The monoisotopic (exact) mass is 827 g/mol. The van der Waals surface area contributed by atoms with Gasteiger partial charge in [0, 0.05) is 13.0 Å². The zero-order valence-electron chi connectivity index (χ0n) is 33.4. The van der Waals surface area contributed by atoms with Gasteiger partial charge in [-0.1, -0.05) is 140 Å². The van der Waals surface area contributed by atoms with Crippen molar-refractivity contribution in [2.75, 3.05) is 20.0 Å². The Morgan fingerprint density at radius 1 is 0.733 bits per heavy atom. The molecule has 5 unspecified atom stereocenters. The highest BCUT2D eigenvalue weighted by molar-refractivity contribution is 7.52. The molecule has 12 heteroatoms. The Kier molecular flexibility index (Phi) is 14.0. The van der Waals surface area contributed by atoms with Crippen molar-refractivity contribution in [2.24, 2.45) is 0 Å². The normalized spacial score (nSPS) is 17.6. The van der Waals surface area contributed by atoms with Crippen LogP contribution in [-0.2, 0) is 34.9 Å². The molecule has 0 aliphatic carbocycles. The number of phenolic OH excluding ortho intramolecular Hbond substituents is 1. The molecule has 6 aromatic carbocycles. The number of aliphatic hydroxyl groups is 1. The maximum Gasteiger partial charge on any atom is 0.365 e. The molecule has 60 heavy (non-hydrogen) atoms. The number of carbonyl (C=O) groups excluding carboxylic acids is 1. The molecule has 1 aliphatic rings. The number of aliphatic hydroxyl groups excluding tert-OH is 1. The van der Waals surface area contributed by atoms with Crippen LogP contribution in [0.2, 0.25) is 0 Å². The Morgan fingerprint density at radius 3 is 1.93 bits per heavy atom. The van der Waals surface area contributed by atoms with Gasteiger partial charge in [0.25, 0.3) is 0 Å². The molecule has 1 heterocycles. The van der Waals surface area contributed by atoms with E-state index in [4.69, 9.17) is 14.0 Å². The predicted octanol–water partition coefficient (Wildman–Crippen LogP) is 8.62. The van der Waals surface area contributed by atoms with E-state index in [0.29, 0.717) is 30.6 Å².